The van der Waals surface area contributed by atoms with Crippen LogP contribution < -0.4 is 4.72 Å². The van der Waals surface area contributed by atoms with Crippen molar-refractivity contribution in [1.29, 1.82) is 0 Å². The highest BCUT2D eigenvalue weighted by Crippen LogP contribution is 2.19. The van der Waals surface area contributed by atoms with Gasteiger partial charge in [-0.25, -0.2) is 13.2 Å². The third-order valence-electron chi connectivity index (χ3n) is 2.77. The number of benzene rings is 2. The summed E-state index contributed by atoms with van der Waals surface area (Å²) in [5.41, 5.74) is 0.700. The molecule has 0 unspecified atom stereocenters. The Bertz CT molecular complexity index is 755. The first kappa shape index (κ1) is 16.3. The third-order valence-corrected chi connectivity index (χ3v) is 4.42. The largest absolute Gasteiger partial charge is 0.462 e. The molecule has 0 saturated carbocycles. The monoisotopic (exact) mass is 339 g/mol. The number of esters is 1. The van der Waals surface area contributed by atoms with Gasteiger partial charge < -0.3 is 4.74 Å². The molecular weight excluding hydrogens is 326 g/mol. The zero-order valence-electron chi connectivity index (χ0n) is 11.7. The minimum absolute atomic E-state index is 0.0514. The molecule has 2 rings (SSSR count). The van der Waals surface area contributed by atoms with Crippen molar-refractivity contribution in [1.82, 2.24) is 0 Å². The Kier molecular flexibility index (Phi) is 5.05. The van der Waals surface area contributed by atoms with E-state index in [0.717, 1.165) is 0 Å². The Morgan fingerprint density at radius 1 is 1.09 bits per heavy atom. The molecule has 22 heavy (non-hydrogen) atoms. The number of hydrogen-bond acceptors (Lipinski definition) is 4. The topological polar surface area (TPSA) is 72.5 Å². The fourth-order valence-electron chi connectivity index (χ4n) is 1.72. The molecule has 2 aromatic rings. The van der Waals surface area contributed by atoms with Gasteiger partial charge in [0.05, 0.1) is 17.1 Å². The van der Waals surface area contributed by atoms with Crippen molar-refractivity contribution >= 4 is 33.3 Å². The number of rotatable bonds is 5. The lowest BCUT2D eigenvalue weighted by atomic mass is 10.2. The van der Waals surface area contributed by atoms with Crippen molar-refractivity contribution in [2.24, 2.45) is 0 Å². The molecular formula is C15H14ClNO4S. The number of hydrogen-bond donors (Lipinski definition) is 1. The Balaban J connectivity index is 2.19. The van der Waals surface area contributed by atoms with Crippen LogP contribution in [0.4, 0.5) is 5.69 Å². The molecule has 0 heterocycles. The lowest BCUT2D eigenvalue weighted by molar-refractivity contribution is 0.0526. The van der Waals surface area contributed by atoms with Crippen LogP contribution in [-0.4, -0.2) is 21.0 Å². The SMILES string of the molecule is CCOC(=O)c1ccc(S(=O)(=O)Nc2ccc(Cl)cc2)cc1. The molecule has 0 aromatic heterocycles. The van der Waals surface area contributed by atoms with E-state index in [9.17, 15) is 13.2 Å². The molecule has 0 aliphatic heterocycles. The summed E-state index contributed by atoms with van der Waals surface area (Å²) in [6.07, 6.45) is 0. The molecule has 0 aliphatic rings. The summed E-state index contributed by atoms with van der Waals surface area (Å²) in [6.45, 7) is 1.96. The molecule has 0 saturated heterocycles. The van der Waals surface area contributed by atoms with Crippen molar-refractivity contribution in [3.05, 3.63) is 59.1 Å². The second-order valence-electron chi connectivity index (χ2n) is 4.36. The fraction of sp³-hybridized carbons (Fsp3) is 0.133. The molecule has 0 radical (unpaired) electrons. The molecule has 0 fully saturated rings. The van der Waals surface area contributed by atoms with E-state index in [0.29, 0.717) is 16.3 Å². The quantitative estimate of drug-likeness (QED) is 0.848. The summed E-state index contributed by atoms with van der Waals surface area (Å²) in [6, 6.07) is 11.8. The van der Waals surface area contributed by atoms with Gasteiger partial charge in [-0.05, 0) is 55.5 Å². The molecule has 0 amide bonds. The highest BCUT2D eigenvalue weighted by atomic mass is 35.5. The normalized spacial score (nSPS) is 11.0. The molecule has 0 spiro atoms. The number of anilines is 1. The van der Waals surface area contributed by atoms with Crippen molar-refractivity contribution < 1.29 is 17.9 Å². The zero-order chi connectivity index (χ0) is 16.2. The van der Waals surface area contributed by atoms with E-state index in [4.69, 9.17) is 16.3 Å². The van der Waals surface area contributed by atoms with Gasteiger partial charge in [-0.3, -0.25) is 4.72 Å². The van der Waals surface area contributed by atoms with Gasteiger partial charge in [0.15, 0.2) is 0 Å². The average Bonchev–Trinajstić information content (AvgIpc) is 2.50. The number of halogens is 1. The maximum Gasteiger partial charge on any atom is 0.338 e. The van der Waals surface area contributed by atoms with Crippen LogP contribution in [0.1, 0.15) is 17.3 Å². The summed E-state index contributed by atoms with van der Waals surface area (Å²) >= 11 is 5.75. The van der Waals surface area contributed by atoms with Crippen LogP contribution in [-0.2, 0) is 14.8 Å². The molecule has 0 aliphatic carbocycles. The van der Waals surface area contributed by atoms with Gasteiger partial charge in [-0.15, -0.1) is 0 Å². The summed E-state index contributed by atoms with van der Waals surface area (Å²) in [7, 11) is -3.73. The number of nitrogens with one attached hydrogen (secondary N) is 1. The van der Waals surface area contributed by atoms with Gasteiger partial charge in [0.1, 0.15) is 0 Å². The van der Waals surface area contributed by atoms with Crippen molar-refractivity contribution in [2.75, 3.05) is 11.3 Å². The first-order chi connectivity index (χ1) is 10.4. The summed E-state index contributed by atoms with van der Waals surface area (Å²) in [5.74, 6) is -0.489. The van der Waals surface area contributed by atoms with Gasteiger partial charge in [0.2, 0.25) is 0 Å². The second-order valence-corrected chi connectivity index (χ2v) is 6.48. The molecule has 116 valence electrons. The predicted octanol–water partition coefficient (Wildman–Crippen LogP) is 3.32. The van der Waals surface area contributed by atoms with Gasteiger partial charge in [0.25, 0.3) is 10.0 Å². The summed E-state index contributed by atoms with van der Waals surface area (Å²) in [5, 5.41) is 0.515. The minimum atomic E-state index is -3.73. The fourth-order valence-corrected chi connectivity index (χ4v) is 2.90. The van der Waals surface area contributed by atoms with Crippen LogP contribution in [0.3, 0.4) is 0 Å². The van der Waals surface area contributed by atoms with E-state index in [1.165, 1.54) is 24.3 Å². The van der Waals surface area contributed by atoms with Crippen molar-refractivity contribution in [3.8, 4) is 0 Å². The van der Waals surface area contributed by atoms with E-state index in [2.05, 4.69) is 4.72 Å². The number of ether oxygens (including phenoxy) is 1. The molecule has 5 nitrogen and oxygen atoms in total. The van der Waals surface area contributed by atoms with E-state index < -0.39 is 16.0 Å². The second kappa shape index (κ2) is 6.81. The van der Waals surface area contributed by atoms with E-state index in [-0.39, 0.29) is 11.5 Å². The van der Waals surface area contributed by atoms with Gasteiger partial charge >= 0.3 is 5.97 Å². The lowest BCUT2D eigenvalue weighted by Gasteiger charge is -2.08. The number of carbonyl (C=O) groups is 1. The Hall–Kier alpha value is -2.05. The maximum atomic E-state index is 12.2. The molecule has 0 bridgehead atoms. The van der Waals surface area contributed by atoms with Crippen LogP contribution in [0.2, 0.25) is 5.02 Å². The standard InChI is InChI=1S/C15H14ClNO4S/c1-2-21-15(18)11-3-9-14(10-4-11)22(19,20)17-13-7-5-12(16)6-8-13/h3-10,17H,2H2,1H3. The highest BCUT2D eigenvalue weighted by Gasteiger charge is 2.15. The first-order valence-electron chi connectivity index (χ1n) is 6.48. The molecule has 1 N–H and O–H groups in total. The van der Waals surface area contributed by atoms with Gasteiger partial charge in [-0.2, -0.15) is 0 Å². The maximum absolute atomic E-state index is 12.2. The Morgan fingerprint density at radius 3 is 2.23 bits per heavy atom. The van der Waals surface area contributed by atoms with Crippen molar-refractivity contribution in [2.45, 2.75) is 11.8 Å². The highest BCUT2D eigenvalue weighted by molar-refractivity contribution is 7.92. The number of carbonyl (C=O) groups excluding carboxylic acids is 1. The van der Waals surface area contributed by atoms with Gasteiger partial charge in [0, 0.05) is 10.7 Å². The third kappa shape index (κ3) is 3.99. The summed E-state index contributed by atoms with van der Waals surface area (Å²) < 4.78 is 31.7. The smallest absolute Gasteiger partial charge is 0.338 e. The van der Waals surface area contributed by atoms with E-state index in [1.54, 1.807) is 31.2 Å². The Morgan fingerprint density at radius 2 is 1.68 bits per heavy atom. The molecule has 2 aromatic carbocycles. The van der Waals surface area contributed by atoms with Crippen molar-refractivity contribution in [3.63, 3.8) is 0 Å². The van der Waals surface area contributed by atoms with E-state index in [1.807, 2.05) is 0 Å². The molecule has 7 heteroatoms. The average molecular weight is 340 g/mol. The molecule has 0 atom stereocenters. The summed E-state index contributed by atoms with van der Waals surface area (Å²) in [4.78, 5) is 11.6. The van der Waals surface area contributed by atoms with Crippen LogP contribution >= 0.6 is 11.6 Å². The van der Waals surface area contributed by atoms with Crippen LogP contribution in [0, 0.1) is 0 Å². The van der Waals surface area contributed by atoms with Crippen LogP contribution in [0.25, 0.3) is 0 Å². The Labute approximate surface area is 133 Å². The van der Waals surface area contributed by atoms with Crippen LogP contribution in [0.15, 0.2) is 53.4 Å². The predicted molar refractivity (Wildman–Crippen MR) is 84.7 cm³/mol. The zero-order valence-corrected chi connectivity index (χ0v) is 13.3. The lowest BCUT2D eigenvalue weighted by Crippen LogP contribution is -2.13. The van der Waals surface area contributed by atoms with Gasteiger partial charge in [-0.1, -0.05) is 11.6 Å². The van der Waals surface area contributed by atoms with E-state index >= 15 is 0 Å². The first-order valence-corrected chi connectivity index (χ1v) is 8.34. The number of sulfonamides is 1. The van der Waals surface area contributed by atoms with Crippen LogP contribution in [0.5, 0.6) is 0 Å². The minimum Gasteiger partial charge on any atom is -0.462 e.